The van der Waals surface area contributed by atoms with E-state index in [0.29, 0.717) is 17.1 Å². The third-order valence-electron chi connectivity index (χ3n) is 2.97. The molecule has 19 heavy (non-hydrogen) atoms. The zero-order valence-corrected chi connectivity index (χ0v) is 10.3. The summed E-state index contributed by atoms with van der Waals surface area (Å²) in [7, 11) is 0. The normalized spacial score (nSPS) is 11.0. The fourth-order valence-corrected chi connectivity index (χ4v) is 1.95. The quantitative estimate of drug-likeness (QED) is 0.754. The van der Waals surface area contributed by atoms with E-state index in [4.69, 9.17) is 9.52 Å². The molecule has 0 aliphatic carbocycles. The predicted octanol–water partition coefficient (Wildman–Crippen LogP) is 3.08. The van der Waals surface area contributed by atoms with E-state index in [2.05, 4.69) is 9.97 Å². The molecule has 2 heterocycles. The van der Waals surface area contributed by atoms with Gasteiger partial charge >= 0.3 is 5.97 Å². The third kappa shape index (κ3) is 1.99. The first-order chi connectivity index (χ1) is 9.17. The Hall–Kier alpha value is -2.56. The van der Waals surface area contributed by atoms with E-state index in [0.717, 1.165) is 17.7 Å². The number of aryl methyl sites for hydroxylation is 1. The molecule has 0 atom stereocenters. The molecule has 0 saturated carbocycles. The van der Waals surface area contributed by atoms with Crippen LogP contribution in [0.25, 0.3) is 22.6 Å². The van der Waals surface area contributed by atoms with Crippen molar-refractivity contribution in [2.75, 3.05) is 0 Å². The van der Waals surface area contributed by atoms with Gasteiger partial charge in [0.05, 0.1) is 16.6 Å². The van der Waals surface area contributed by atoms with Crippen LogP contribution >= 0.6 is 0 Å². The number of carbonyl (C=O) groups is 1. The van der Waals surface area contributed by atoms with Crippen LogP contribution in [0.5, 0.6) is 0 Å². The zero-order valence-electron chi connectivity index (χ0n) is 10.3. The molecule has 0 spiro atoms. The Kier molecular flexibility index (Phi) is 2.59. The highest BCUT2D eigenvalue weighted by molar-refractivity contribution is 5.92. The first-order valence-electron chi connectivity index (χ1n) is 5.99. The van der Waals surface area contributed by atoms with E-state index in [9.17, 15) is 4.79 Å². The highest BCUT2D eigenvalue weighted by Gasteiger charge is 2.11. The van der Waals surface area contributed by atoms with Crippen LogP contribution in [0.2, 0.25) is 0 Å². The zero-order chi connectivity index (χ0) is 13.4. The molecule has 0 unspecified atom stereocenters. The average molecular weight is 256 g/mol. The van der Waals surface area contributed by atoms with Gasteiger partial charge in [0.25, 0.3) is 0 Å². The number of fused-ring (bicyclic) bond motifs is 1. The summed E-state index contributed by atoms with van der Waals surface area (Å²) in [4.78, 5) is 18.4. The van der Waals surface area contributed by atoms with Gasteiger partial charge in [-0.2, -0.15) is 0 Å². The lowest BCUT2D eigenvalue weighted by Gasteiger charge is -1.92. The topological polar surface area (TPSA) is 79.1 Å². The standard InChI is InChI=1S/C14H12N2O3/c1-2-9-4-6-12(19-9)13-15-10-5-3-8(14(17)18)7-11(10)16-13/h3-7H,2H2,1H3,(H,15,16)(H,17,18). The third-order valence-corrected chi connectivity index (χ3v) is 2.97. The van der Waals surface area contributed by atoms with E-state index >= 15 is 0 Å². The van der Waals surface area contributed by atoms with Gasteiger partial charge in [0.1, 0.15) is 5.76 Å². The molecule has 0 aliphatic heterocycles. The second-order valence-corrected chi connectivity index (χ2v) is 4.24. The van der Waals surface area contributed by atoms with Gasteiger partial charge in [0, 0.05) is 6.42 Å². The van der Waals surface area contributed by atoms with Crippen molar-refractivity contribution in [3.05, 3.63) is 41.7 Å². The molecule has 0 saturated heterocycles. The molecule has 5 heteroatoms. The monoisotopic (exact) mass is 256 g/mol. The summed E-state index contributed by atoms with van der Waals surface area (Å²) < 4.78 is 5.62. The average Bonchev–Trinajstić information content (AvgIpc) is 3.03. The van der Waals surface area contributed by atoms with E-state index in [-0.39, 0.29) is 5.56 Å². The van der Waals surface area contributed by atoms with E-state index in [1.165, 1.54) is 6.07 Å². The van der Waals surface area contributed by atoms with Crippen molar-refractivity contribution in [1.82, 2.24) is 9.97 Å². The van der Waals surface area contributed by atoms with Crippen LogP contribution in [0.3, 0.4) is 0 Å². The Morgan fingerprint density at radius 1 is 1.37 bits per heavy atom. The summed E-state index contributed by atoms with van der Waals surface area (Å²) in [5.41, 5.74) is 1.63. The van der Waals surface area contributed by atoms with Crippen LogP contribution in [0.4, 0.5) is 0 Å². The Balaban J connectivity index is 2.08. The van der Waals surface area contributed by atoms with Gasteiger partial charge in [-0.05, 0) is 30.3 Å². The molecule has 0 aliphatic rings. The van der Waals surface area contributed by atoms with Crippen LogP contribution < -0.4 is 0 Å². The van der Waals surface area contributed by atoms with Gasteiger partial charge in [0.2, 0.25) is 0 Å². The van der Waals surface area contributed by atoms with Crippen LogP contribution in [0.15, 0.2) is 34.7 Å². The summed E-state index contributed by atoms with van der Waals surface area (Å²) >= 11 is 0. The largest absolute Gasteiger partial charge is 0.478 e. The fraction of sp³-hybridized carbons (Fsp3) is 0.143. The lowest BCUT2D eigenvalue weighted by atomic mass is 10.2. The van der Waals surface area contributed by atoms with Crippen molar-refractivity contribution in [2.45, 2.75) is 13.3 Å². The molecule has 3 aromatic rings. The maximum atomic E-state index is 10.9. The molecule has 2 aromatic heterocycles. The number of carboxylic acid groups (broad SMARTS) is 1. The molecule has 0 bridgehead atoms. The fourth-order valence-electron chi connectivity index (χ4n) is 1.95. The van der Waals surface area contributed by atoms with Crippen molar-refractivity contribution in [3.63, 3.8) is 0 Å². The molecule has 0 amide bonds. The SMILES string of the molecule is CCc1ccc(-c2nc3ccc(C(=O)O)cc3[nH]2)o1. The van der Waals surface area contributed by atoms with Crippen LogP contribution in [0.1, 0.15) is 23.0 Å². The number of H-pyrrole nitrogens is 1. The lowest BCUT2D eigenvalue weighted by Crippen LogP contribution is -1.94. The number of hydrogen-bond donors (Lipinski definition) is 2. The van der Waals surface area contributed by atoms with Crippen LogP contribution in [-0.4, -0.2) is 21.0 Å². The Morgan fingerprint density at radius 3 is 2.89 bits per heavy atom. The van der Waals surface area contributed by atoms with Gasteiger partial charge < -0.3 is 14.5 Å². The minimum Gasteiger partial charge on any atom is -0.478 e. The molecule has 5 nitrogen and oxygen atoms in total. The minimum atomic E-state index is -0.954. The van der Waals surface area contributed by atoms with Crippen LogP contribution in [-0.2, 0) is 6.42 Å². The number of carboxylic acids is 1. The molecular formula is C14H12N2O3. The molecule has 1 aromatic carbocycles. The van der Waals surface area contributed by atoms with Gasteiger partial charge in [-0.1, -0.05) is 6.92 Å². The van der Waals surface area contributed by atoms with Gasteiger partial charge in [-0.15, -0.1) is 0 Å². The number of nitrogens with one attached hydrogen (secondary N) is 1. The number of hydrogen-bond acceptors (Lipinski definition) is 3. The maximum Gasteiger partial charge on any atom is 0.335 e. The maximum absolute atomic E-state index is 10.9. The lowest BCUT2D eigenvalue weighted by molar-refractivity contribution is 0.0697. The Labute approximate surface area is 108 Å². The second kappa shape index (κ2) is 4.28. The number of benzene rings is 1. The Morgan fingerprint density at radius 2 is 2.21 bits per heavy atom. The first-order valence-corrected chi connectivity index (χ1v) is 5.99. The van der Waals surface area contributed by atoms with Crippen LogP contribution in [0, 0.1) is 0 Å². The number of nitrogens with zero attached hydrogens (tertiary/aromatic N) is 1. The van der Waals surface area contributed by atoms with Crippen molar-refractivity contribution in [1.29, 1.82) is 0 Å². The van der Waals surface area contributed by atoms with Crippen molar-refractivity contribution in [3.8, 4) is 11.6 Å². The first kappa shape index (κ1) is 11.5. The smallest absolute Gasteiger partial charge is 0.335 e. The summed E-state index contributed by atoms with van der Waals surface area (Å²) in [6.07, 6.45) is 0.823. The predicted molar refractivity (Wildman–Crippen MR) is 70.1 cm³/mol. The van der Waals surface area contributed by atoms with Crippen molar-refractivity contribution < 1.29 is 14.3 Å². The molecule has 2 N–H and O–H groups in total. The number of aromatic carboxylic acids is 1. The molecule has 96 valence electrons. The van der Waals surface area contributed by atoms with Gasteiger partial charge in [-0.3, -0.25) is 0 Å². The van der Waals surface area contributed by atoms with Crippen molar-refractivity contribution in [2.24, 2.45) is 0 Å². The number of rotatable bonds is 3. The van der Waals surface area contributed by atoms with E-state index in [1.54, 1.807) is 12.1 Å². The molecule has 0 radical (unpaired) electrons. The summed E-state index contributed by atoms with van der Waals surface area (Å²) in [6, 6.07) is 8.55. The molecule has 3 rings (SSSR count). The van der Waals surface area contributed by atoms with Crippen molar-refractivity contribution >= 4 is 17.0 Å². The highest BCUT2D eigenvalue weighted by atomic mass is 16.4. The number of aromatic nitrogens is 2. The number of furan rings is 1. The van der Waals surface area contributed by atoms with Gasteiger partial charge in [0.15, 0.2) is 11.6 Å². The molecule has 0 fully saturated rings. The highest BCUT2D eigenvalue weighted by Crippen LogP contribution is 2.23. The van der Waals surface area contributed by atoms with E-state index in [1.807, 2.05) is 19.1 Å². The Bertz CT molecular complexity index is 755. The number of imidazole rings is 1. The second-order valence-electron chi connectivity index (χ2n) is 4.24. The number of aromatic amines is 1. The van der Waals surface area contributed by atoms with E-state index < -0.39 is 5.97 Å². The minimum absolute atomic E-state index is 0.233. The molecular weight excluding hydrogens is 244 g/mol. The summed E-state index contributed by atoms with van der Waals surface area (Å²) in [6.45, 7) is 2.01. The summed E-state index contributed by atoms with van der Waals surface area (Å²) in [5, 5.41) is 8.95. The van der Waals surface area contributed by atoms with Gasteiger partial charge in [-0.25, -0.2) is 9.78 Å². The summed E-state index contributed by atoms with van der Waals surface area (Å²) in [5.74, 6) is 1.20.